The molecular weight excluding hydrogens is 362 g/mol. The van der Waals surface area contributed by atoms with Crippen LogP contribution in [0, 0.1) is 12.8 Å². The van der Waals surface area contributed by atoms with Gasteiger partial charge in [0.05, 0.1) is 19.6 Å². The number of carbonyl (C=O) groups is 1. The van der Waals surface area contributed by atoms with E-state index in [1.165, 1.54) is 22.3 Å². The van der Waals surface area contributed by atoms with Crippen LogP contribution in [-0.2, 0) is 30.5 Å². The Labute approximate surface area is 172 Å². The molecule has 0 bridgehead atoms. The molecule has 29 heavy (non-hydrogen) atoms. The molecule has 0 saturated carbocycles. The molecule has 4 nitrogen and oxygen atoms in total. The molecule has 4 heteroatoms. The third-order valence-electron chi connectivity index (χ3n) is 6.82. The van der Waals surface area contributed by atoms with Crippen LogP contribution in [0.15, 0.2) is 30.3 Å². The topological polar surface area (TPSA) is 38.8 Å². The number of ether oxygens (including phenoxy) is 2. The second-order valence-corrected chi connectivity index (χ2v) is 8.65. The van der Waals surface area contributed by atoms with E-state index in [0.29, 0.717) is 12.3 Å². The van der Waals surface area contributed by atoms with Crippen molar-refractivity contribution in [2.24, 2.45) is 5.92 Å². The number of rotatable bonds is 4. The molecule has 0 atom stereocenters. The molecular formula is C25H29NO3. The summed E-state index contributed by atoms with van der Waals surface area (Å²) >= 11 is 0. The number of nitrogens with zero attached hydrogens (tertiary/aromatic N) is 1. The number of fused-ring (bicyclic) bond motifs is 2. The molecule has 2 aromatic carbocycles. The molecule has 0 N–H and O–H groups in total. The monoisotopic (exact) mass is 391 g/mol. The first-order chi connectivity index (χ1) is 14.2. The van der Waals surface area contributed by atoms with Crippen LogP contribution in [0.2, 0.25) is 0 Å². The minimum Gasteiger partial charge on any atom is -0.493 e. The Morgan fingerprint density at radius 1 is 1.10 bits per heavy atom. The predicted octanol–water partition coefficient (Wildman–Crippen LogP) is 3.89. The summed E-state index contributed by atoms with van der Waals surface area (Å²) in [7, 11) is 0. The number of amides is 1. The zero-order valence-corrected chi connectivity index (χ0v) is 17.2. The van der Waals surface area contributed by atoms with Crippen molar-refractivity contribution in [3.8, 4) is 11.5 Å². The number of benzene rings is 2. The lowest BCUT2D eigenvalue weighted by atomic mass is 9.86. The third kappa shape index (κ3) is 3.61. The quantitative estimate of drug-likeness (QED) is 0.794. The fraction of sp³-hybridized carbons (Fsp3) is 0.480. The minimum atomic E-state index is 0.260. The molecule has 2 aromatic rings. The predicted molar refractivity (Wildman–Crippen MR) is 113 cm³/mol. The van der Waals surface area contributed by atoms with E-state index in [4.69, 9.17) is 9.47 Å². The molecule has 3 aliphatic rings. The van der Waals surface area contributed by atoms with E-state index in [2.05, 4.69) is 30.0 Å². The highest BCUT2D eigenvalue weighted by atomic mass is 16.5. The van der Waals surface area contributed by atoms with E-state index in [0.717, 1.165) is 75.5 Å². The summed E-state index contributed by atoms with van der Waals surface area (Å²) < 4.78 is 11.9. The van der Waals surface area contributed by atoms with Gasteiger partial charge in [0.1, 0.15) is 11.5 Å². The van der Waals surface area contributed by atoms with E-state index in [1.807, 2.05) is 12.1 Å². The van der Waals surface area contributed by atoms with E-state index >= 15 is 0 Å². The van der Waals surface area contributed by atoms with Crippen molar-refractivity contribution in [2.45, 2.75) is 45.4 Å². The molecule has 0 aromatic heterocycles. The molecule has 1 fully saturated rings. The molecule has 1 amide bonds. The summed E-state index contributed by atoms with van der Waals surface area (Å²) in [4.78, 5) is 14.8. The average Bonchev–Trinajstić information content (AvgIpc) is 3.39. The lowest BCUT2D eigenvalue weighted by Gasteiger charge is -2.33. The highest BCUT2D eigenvalue weighted by Gasteiger charge is 2.30. The molecule has 1 saturated heterocycles. The van der Waals surface area contributed by atoms with Crippen LogP contribution < -0.4 is 9.47 Å². The van der Waals surface area contributed by atoms with Gasteiger partial charge in [0.2, 0.25) is 5.91 Å². The Kier molecular flexibility index (Phi) is 4.94. The van der Waals surface area contributed by atoms with Gasteiger partial charge in [0, 0.05) is 42.6 Å². The molecule has 3 aliphatic heterocycles. The van der Waals surface area contributed by atoms with Gasteiger partial charge in [0.15, 0.2) is 0 Å². The lowest BCUT2D eigenvalue weighted by Crippen LogP contribution is -2.39. The van der Waals surface area contributed by atoms with Crippen LogP contribution in [0.1, 0.15) is 40.7 Å². The Balaban J connectivity index is 1.23. The fourth-order valence-corrected chi connectivity index (χ4v) is 5.06. The summed E-state index contributed by atoms with van der Waals surface area (Å²) in [5, 5.41) is 0. The molecule has 0 unspecified atom stereocenters. The summed E-state index contributed by atoms with van der Waals surface area (Å²) in [6, 6.07) is 10.4. The summed E-state index contributed by atoms with van der Waals surface area (Å²) in [5.74, 6) is 3.08. The number of piperidine rings is 1. The van der Waals surface area contributed by atoms with E-state index < -0.39 is 0 Å². The van der Waals surface area contributed by atoms with Crippen molar-refractivity contribution in [1.29, 1.82) is 0 Å². The first kappa shape index (κ1) is 18.5. The number of carbonyl (C=O) groups excluding carboxylic acids is 1. The third-order valence-corrected chi connectivity index (χ3v) is 6.82. The fourth-order valence-electron chi connectivity index (χ4n) is 5.06. The van der Waals surface area contributed by atoms with Crippen LogP contribution in [0.25, 0.3) is 0 Å². The van der Waals surface area contributed by atoms with Gasteiger partial charge >= 0.3 is 0 Å². The van der Waals surface area contributed by atoms with Gasteiger partial charge in [-0.15, -0.1) is 0 Å². The van der Waals surface area contributed by atoms with E-state index in [9.17, 15) is 4.79 Å². The van der Waals surface area contributed by atoms with Crippen molar-refractivity contribution < 1.29 is 14.3 Å². The first-order valence-corrected chi connectivity index (χ1v) is 10.9. The molecule has 0 spiro atoms. The van der Waals surface area contributed by atoms with Crippen molar-refractivity contribution in [3.63, 3.8) is 0 Å². The summed E-state index contributed by atoms with van der Waals surface area (Å²) in [6.07, 6.45) is 5.69. The van der Waals surface area contributed by atoms with Gasteiger partial charge in [-0.3, -0.25) is 4.79 Å². The molecule has 0 aliphatic carbocycles. The first-order valence-electron chi connectivity index (χ1n) is 10.9. The Bertz CT molecular complexity index is 896. The van der Waals surface area contributed by atoms with Gasteiger partial charge in [0.25, 0.3) is 0 Å². The van der Waals surface area contributed by atoms with E-state index in [-0.39, 0.29) is 5.91 Å². The van der Waals surface area contributed by atoms with Crippen LogP contribution in [-0.4, -0.2) is 37.1 Å². The second-order valence-electron chi connectivity index (χ2n) is 8.65. The Hall–Kier alpha value is -2.49. The number of aryl methyl sites for hydroxylation is 1. The summed E-state index contributed by atoms with van der Waals surface area (Å²) in [5.41, 5.74) is 6.41. The molecule has 152 valence electrons. The maximum absolute atomic E-state index is 12.8. The molecule has 0 radical (unpaired) electrons. The van der Waals surface area contributed by atoms with E-state index in [1.54, 1.807) is 0 Å². The largest absolute Gasteiger partial charge is 0.493 e. The standard InChI is InChI=1S/C25H29NO3/c1-17-4-2-3-5-19(17)16-24(27)26-10-6-18(7-11-26)14-22-21-9-13-28-23(21)15-20-8-12-29-25(20)22/h2-5,15,18H,6-14,16H2,1H3. The van der Waals surface area contributed by atoms with Crippen molar-refractivity contribution >= 4 is 5.91 Å². The number of hydrogen-bond acceptors (Lipinski definition) is 3. The second kappa shape index (κ2) is 7.74. The van der Waals surface area contributed by atoms with Crippen LogP contribution in [0.4, 0.5) is 0 Å². The lowest BCUT2D eigenvalue weighted by molar-refractivity contribution is -0.131. The van der Waals surface area contributed by atoms with Gasteiger partial charge < -0.3 is 14.4 Å². The van der Waals surface area contributed by atoms with Gasteiger partial charge in [-0.2, -0.15) is 0 Å². The van der Waals surface area contributed by atoms with Gasteiger partial charge in [-0.1, -0.05) is 24.3 Å². The van der Waals surface area contributed by atoms with Crippen molar-refractivity contribution in [2.75, 3.05) is 26.3 Å². The maximum Gasteiger partial charge on any atom is 0.226 e. The van der Waals surface area contributed by atoms with Gasteiger partial charge in [-0.05, 0) is 49.3 Å². The van der Waals surface area contributed by atoms with Gasteiger partial charge in [-0.25, -0.2) is 0 Å². The normalized spacial score (nSPS) is 18.2. The zero-order chi connectivity index (χ0) is 19.8. The van der Waals surface area contributed by atoms with Crippen molar-refractivity contribution in [1.82, 2.24) is 4.90 Å². The maximum atomic E-state index is 12.8. The molecule has 5 rings (SSSR count). The number of hydrogen-bond donors (Lipinski definition) is 0. The molecule has 3 heterocycles. The smallest absolute Gasteiger partial charge is 0.226 e. The highest BCUT2D eigenvalue weighted by molar-refractivity contribution is 5.79. The average molecular weight is 392 g/mol. The number of likely N-dealkylation sites (tertiary alicyclic amines) is 1. The minimum absolute atomic E-state index is 0.260. The van der Waals surface area contributed by atoms with Crippen LogP contribution in [0.5, 0.6) is 11.5 Å². The Morgan fingerprint density at radius 2 is 1.90 bits per heavy atom. The van der Waals surface area contributed by atoms with Crippen molar-refractivity contribution in [3.05, 3.63) is 58.1 Å². The SMILES string of the molecule is Cc1ccccc1CC(=O)N1CCC(Cc2c3c(cc4c2OCC4)OCC3)CC1. The Morgan fingerprint density at radius 3 is 2.72 bits per heavy atom. The zero-order valence-electron chi connectivity index (χ0n) is 17.2. The summed E-state index contributed by atoms with van der Waals surface area (Å²) in [6.45, 7) is 5.39. The van der Waals surface area contributed by atoms with Crippen LogP contribution in [0.3, 0.4) is 0 Å². The van der Waals surface area contributed by atoms with Crippen LogP contribution >= 0.6 is 0 Å². The highest BCUT2D eigenvalue weighted by Crippen LogP contribution is 2.42.